The SMILES string of the molecule is COC(=O)c1ccc(CN2CC(C)CC2=O)c(Oc2ccc(-c3ccc(C(C)C)nn3)cc2)c1. The van der Waals surface area contributed by atoms with E-state index in [0.717, 1.165) is 22.5 Å². The maximum atomic E-state index is 12.3. The highest BCUT2D eigenvalue weighted by Crippen LogP contribution is 2.31. The van der Waals surface area contributed by atoms with Gasteiger partial charge in [0.05, 0.1) is 24.1 Å². The van der Waals surface area contributed by atoms with Crippen LogP contribution in [0, 0.1) is 5.92 Å². The standard InChI is InChI=1S/C27H29N3O4/c1-17(2)23-11-12-24(29-28-23)19-7-9-22(10-8-19)34-25-14-20(27(32)33-4)5-6-21(25)16-30-15-18(3)13-26(30)31/h5-12,14,17-18H,13,15-16H2,1-4H3. The van der Waals surface area contributed by atoms with Crippen LogP contribution in [-0.4, -0.2) is 40.6 Å². The first-order chi connectivity index (χ1) is 16.3. The van der Waals surface area contributed by atoms with Gasteiger partial charge in [-0.25, -0.2) is 4.79 Å². The van der Waals surface area contributed by atoms with Crippen molar-refractivity contribution in [1.29, 1.82) is 0 Å². The van der Waals surface area contributed by atoms with E-state index in [1.807, 2.05) is 47.4 Å². The number of esters is 1. The third-order valence-corrected chi connectivity index (χ3v) is 5.91. The summed E-state index contributed by atoms with van der Waals surface area (Å²) in [7, 11) is 1.34. The Morgan fingerprint density at radius 3 is 2.44 bits per heavy atom. The molecule has 2 heterocycles. The van der Waals surface area contributed by atoms with Gasteiger partial charge < -0.3 is 14.4 Å². The Balaban J connectivity index is 1.57. The minimum absolute atomic E-state index is 0.129. The molecule has 1 unspecified atom stereocenters. The van der Waals surface area contributed by atoms with Crippen molar-refractivity contribution in [1.82, 2.24) is 15.1 Å². The third kappa shape index (κ3) is 5.25. The van der Waals surface area contributed by atoms with Gasteiger partial charge in [0.2, 0.25) is 5.91 Å². The highest BCUT2D eigenvalue weighted by Gasteiger charge is 2.27. The average molecular weight is 460 g/mol. The maximum absolute atomic E-state index is 12.3. The number of hydrogen-bond donors (Lipinski definition) is 0. The molecule has 3 aromatic rings. The van der Waals surface area contributed by atoms with Crippen LogP contribution in [0.2, 0.25) is 0 Å². The molecule has 2 aromatic carbocycles. The monoisotopic (exact) mass is 459 g/mol. The van der Waals surface area contributed by atoms with Gasteiger partial charge in [-0.15, -0.1) is 0 Å². The van der Waals surface area contributed by atoms with E-state index in [4.69, 9.17) is 9.47 Å². The number of aromatic nitrogens is 2. The summed E-state index contributed by atoms with van der Waals surface area (Å²) in [6, 6.07) is 16.7. The summed E-state index contributed by atoms with van der Waals surface area (Å²) in [5.74, 6) is 1.47. The number of benzene rings is 2. The maximum Gasteiger partial charge on any atom is 0.337 e. The largest absolute Gasteiger partial charge is 0.465 e. The molecule has 4 rings (SSSR count). The number of ether oxygens (including phenoxy) is 2. The molecule has 7 nitrogen and oxygen atoms in total. The lowest BCUT2D eigenvalue weighted by atomic mass is 10.1. The summed E-state index contributed by atoms with van der Waals surface area (Å²) in [5.41, 5.74) is 3.88. The van der Waals surface area contributed by atoms with E-state index in [-0.39, 0.29) is 5.91 Å². The van der Waals surface area contributed by atoms with Gasteiger partial charge in [-0.1, -0.05) is 26.8 Å². The lowest BCUT2D eigenvalue weighted by Crippen LogP contribution is -2.24. The summed E-state index contributed by atoms with van der Waals surface area (Å²) in [5, 5.41) is 8.62. The van der Waals surface area contributed by atoms with Gasteiger partial charge in [0, 0.05) is 30.6 Å². The third-order valence-electron chi connectivity index (χ3n) is 5.91. The van der Waals surface area contributed by atoms with Gasteiger partial charge in [0.15, 0.2) is 0 Å². The summed E-state index contributed by atoms with van der Waals surface area (Å²) in [6.07, 6.45) is 0.555. The Morgan fingerprint density at radius 2 is 1.85 bits per heavy atom. The Bertz CT molecular complexity index is 1170. The predicted molar refractivity (Wildman–Crippen MR) is 129 cm³/mol. The number of likely N-dealkylation sites (tertiary alicyclic amines) is 1. The van der Waals surface area contributed by atoms with Crippen molar-refractivity contribution in [2.45, 2.75) is 39.7 Å². The number of hydrogen-bond acceptors (Lipinski definition) is 6. The quantitative estimate of drug-likeness (QED) is 0.451. The first-order valence-electron chi connectivity index (χ1n) is 11.4. The average Bonchev–Trinajstić information content (AvgIpc) is 3.16. The molecule has 34 heavy (non-hydrogen) atoms. The van der Waals surface area contributed by atoms with Crippen molar-refractivity contribution >= 4 is 11.9 Å². The fourth-order valence-electron chi connectivity index (χ4n) is 3.98. The molecule has 0 aliphatic carbocycles. The zero-order chi connectivity index (χ0) is 24.2. The molecule has 7 heteroatoms. The topological polar surface area (TPSA) is 81.6 Å². The van der Waals surface area contributed by atoms with Crippen molar-refractivity contribution < 1.29 is 19.1 Å². The normalized spacial score (nSPS) is 15.6. The van der Waals surface area contributed by atoms with Crippen molar-refractivity contribution in [3.63, 3.8) is 0 Å². The van der Waals surface area contributed by atoms with E-state index in [2.05, 4.69) is 31.0 Å². The van der Waals surface area contributed by atoms with E-state index in [1.54, 1.807) is 12.1 Å². The van der Waals surface area contributed by atoms with Crippen LogP contribution < -0.4 is 4.74 Å². The highest BCUT2D eigenvalue weighted by molar-refractivity contribution is 5.90. The van der Waals surface area contributed by atoms with Crippen LogP contribution in [-0.2, 0) is 16.1 Å². The molecule has 1 amide bonds. The number of carbonyl (C=O) groups excluding carboxylic acids is 2. The number of carbonyl (C=O) groups is 2. The fourth-order valence-corrected chi connectivity index (χ4v) is 3.98. The Kier molecular flexibility index (Phi) is 6.91. The van der Waals surface area contributed by atoms with Gasteiger partial charge in [0.25, 0.3) is 0 Å². The van der Waals surface area contributed by atoms with E-state index in [1.165, 1.54) is 7.11 Å². The second kappa shape index (κ2) is 10.0. The number of methoxy groups -OCH3 is 1. The highest BCUT2D eigenvalue weighted by atomic mass is 16.5. The van der Waals surface area contributed by atoms with Crippen molar-refractivity contribution in [2.75, 3.05) is 13.7 Å². The molecular weight excluding hydrogens is 430 g/mol. The number of nitrogens with zero attached hydrogens (tertiary/aromatic N) is 3. The first kappa shape index (κ1) is 23.4. The zero-order valence-corrected chi connectivity index (χ0v) is 19.9. The molecule has 0 bridgehead atoms. The minimum Gasteiger partial charge on any atom is -0.465 e. The molecule has 0 N–H and O–H groups in total. The van der Waals surface area contributed by atoms with Crippen LogP contribution in [0.25, 0.3) is 11.3 Å². The molecule has 0 spiro atoms. The Labute approximate surface area is 199 Å². The molecule has 176 valence electrons. The lowest BCUT2D eigenvalue weighted by molar-refractivity contribution is -0.128. The van der Waals surface area contributed by atoms with Crippen LogP contribution in [0.5, 0.6) is 11.5 Å². The van der Waals surface area contributed by atoms with Gasteiger partial charge in [-0.2, -0.15) is 10.2 Å². The number of rotatable bonds is 7. The van der Waals surface area contributed by atoms with Crippen molar-refractivity contribution in [3.8, 4) is 22.8 Å². The summed E-state index contributed by atoms with van der Waals surface area (Å²) >= 11 is 0. The van der Waals surface area contributed by atoms with E-state index >= 15 is 0 Å². The van der Waals surface area contributed by atoms with Crippen LogP contribution >= 0.6 is 0 Å². The predicted octanol–water partition coefficient (Wildman–Crippen LogP) is 5.21. The second-order valence-electron chi connectivity index (χ2n) is 9.02. The molecule has 1 fully saturated rings. The molecular formula is C27H29N3O4. The second-order valence-corrected chi connectivity index (χ2v) is 9.02. The summed E-state index contributed by atoms with van der Waals surface area (Å²) in [6.45, 7) is 7.37. The zero-order valence-electron chi connectivity index (χ0n) is 19.9. The summed E-state index contributed by atoms with van der Waals surface area (Å²) in [4.78, 5) is 26.2. The number of amides is 1. The van der Waals surface area contributed by atoms with Crippen molar-refractivity contribution in [2.24, 2.45) is 5.92 Å². The van der Waals surface area contributed by atoms with Gasteiger partial charge in [-0.3, -0.25) is 4.79 Å². The van der Waals surface area contributed by atoms with Crippen molar-refractivity contribution in [3.05, 3.63) is 71.4 Å². The first-order valence-corrected chi connectivity index (χ1v) is 11.4. The smallest absolute Gasteiger partial charge is 0.337 e. The Morgan fingerprint density at radius 1 is 1.09 bits per heavy atom. The fraction of sp³-hybridized carbons (Fsp3) is 0.333. The molecule has 0 radical (unpaired) electrons. The van der Waals surface area contributed by atoms with Gasteiger partial charge in [0.1, 0.15) is 11.5 Å². The molecule has 1 atom stereocenters. The molecule has 1 aliphatic heterocycles. The molecule has 1 aromatic heterocycles. The van der Waals surface area contributed by atoms with Gasteiger partial charge in [-0.05, 0) is 60.4 Å². The summed E-state index contributed by atoms with van der Waals surface area (Å²) < 4.78 is 11.0. The lowest BCUT2D eigenvalue weighted by Gasteiger charge is -2.19. The Hall–Kier alpha value is -3.74. The van der Waals surface area contributed by atoms with Crippen LogP contribution in [0.15, 0.2) is 54.6 Å². The molecule has 1 aliphatic rings. The van der Waals surface area contributed by atoms with Crippen LogP contribution in [0.4, 0.5) is 0 Å². The minimum atomic E-state index is -0.443. The van der Waals surface area contributed by atoms with Crippen LogP contribution in [0.3, 0.4) is 0 Å². The van der Waals surface area contributed by atoms with Gasteiger partial charge >= 0.3 is 5.97 Å². The van der Waals surface area contributed by atoms with E-state index < -0.39 is 5.97 Å². The van der Waals surface area contributed by atoms with Crippen LogP contribution in [0.1, 0.15) is 54.7 Å². The molecule has 0 saturated carbocycles. The molecule has 1 saturated heterocycles. The van der Waals surface area contributed by atoms with E-state index in [0.29, 0.717) is 48.4 Å². The van der Waals surface area contributed by atoms with E-state index in [9.17, 15) is 9.59 Å².